The molecule has 418 valence electrons. The van der Waals surface area contributed by atoms with Crippen LogP contribution < -0.4 is 0 Å². The molecule has 14 unspecified atom stereocenters. The highest BCUT2D eigenvalue weighted by molar-refractivity contribution is 6.39. The van der Waals surface area contributed by atoms with Gasteiger partial charge in [0.05, 0.1) is 30.8 Å². The summed E-state index contributed by atoms with van der Waals surface area (Å²) in [7, 11) is 4.56. The second kappa shape index (κ2) is 30.1. The molecule has 15 atom stereocenters. The normalized spacial score (nSPS) is 36.9. The number of Topliss-reactive ketones (excluding diaryl/α,β-unsaturated/α-hetero) is 3. The molecule has 4 rings (SSSR count). The summed E-state index contributed by atoms with van der Waals surface area (Å²) in [4.78, 5) is 89.1. The summed E-state index contributed by atoms with van der Waals surface area (Å²) in [5.74, 6) is -8.75. The summed E-state index contributed by atoms with van der Waals surface area (Å²) in [5.41, 5.74) is 1.32. The first-order chi connectivity index (χ1) is 35.1. The van der Waals surface area contributed by atoms with Crippen LogP contribution in [-0.2, 0) is 57.2 Å². The molecule has 0 radical (unpaired) electrons. The summed E-state index contributed by atoms with van der Waals surface area (Å²) >= 11 is 0. The fourth-order valence-electron chi connectivity index (χ4n) is 11.2. The second-order valence-corrected chi connectivity index (χ2v) is 21.8. The summed E-state index contributed by atoms with van der Waals surface area (Å²) in [5, 5.41) is 22.6. The summed E-state index contributed by atoms with van der Waals surface area (Å²) in [6.45, 7) is 18.8. The highest BCUT2D eigenvalue weighted by Gasteiger charge is 2.53. The van der Waals surface area contributed by atoms with Crippen LogP contribution in [0.3, 0.4) is 0 Å². The van der Waals surface area contributed by atoms with Crippen molar-refractivity contribution in [1.29, 1.82) is 0 Å². The third kappa shape index (κ3) is 17.3. The van der Waals surface area contributed by atoms with Crippen LogP contribution in [0, 0.1) is 35.5 Å². The lowest BCUT2D eigenvalue weighted by atomic mass is 9.78. The monoisotopic (exact) mass is 1040 g/mol. The molecule has 2 N–H and O–H groups in total. The number of fused-ring (bicyclic) bond motifs is 3. The average molecular weight is 1040 g/mol. The third-order valence-electron chi connectivity index (χ3n) is 16.2. The Morgan fingerprint density at radius 2 is 1.58 bits per heavy atom. The van der Waals surface area contributed by atoms with E-state index < -0.39 is 89.8 Å². The second-order valence-electron chi connectivity index (χ2n) is 21.8. The van der Waals surface area contributed by atoms with E-state index in [1.54, 1.807) is 41.1 Å². The van der Waals surface area contributed by atoms with Gasteiger partial charge >= 0.3 is 11.9 Å². The van der Waals surface area contributed by atoms with E-state index in [0.717, 1.165) is 18.7 Å². The zero-order valence-corrected chi connectivity index (χ0v) is 46.8. The molecule has 4 aliphatic rings. The highest BCUT2D eigenvalue weighted by atomic mass is 16.6. The largest absolute Gasteiger partial charge is 0.460 e. The molecule has 0 aromatic carbocycles. The van der Waals surface area contributed by atoms with Crippen molar-refractivity contribution < 1.29 is 67.4 Å². The topological polar surface area (TPSA) is 205 Å². The minimum atomic E-state index is -2.45. The van der Waals surface area contributed by atoms with Gasteiger partial charge in [0, 0.05) is 65.0 Å². The number of carbonyl (C=O) groups is 6. The number of methoxy groups -OCH3 is 3. The molecule has 3 aliphatic heterocycles. The minimum absolute atomic E-state index is 0.0243. The van der Waals surface area contributed by atoms with Crippen molar-refractivity contribution in [2.45, 2.75) is 200 Å². The minimum Gasteiger partial charge on any atom is -0.460 e. The number of aliphatic hydroxyl groups is 2. The van der Waals surface area contributed by atoms with E-state index in [1.807, 2.05) is 71.9 Å². The lowest BCUT2D eigenvalue weighted by Gasteiger charge is -2.42. The smallest absolute Gasteiger partial charge is 0.329 e. The molecule has 1 amide bonds. The number of amides is 1. The molecule has 1 saturated carbocycles. The first kappa shape index (κ1) is 62.6. The molecule has 3 heterocycles. The van der Waals surface area contributed by atoms with Crippen molar-refractivity contribution in [1.82, 2.24) is 9.80 Å². The molecular weight excluding hydrogens is 949 g/mol. The molecule has 2 saturated heterocycles. The molecule has 0 aromatic heterocycles. The van der Waals surface area contributed by atoms with Crippen molar-refractivity contribution in [3.63, 3.8) is 0 Å². The van der Waals surface area contributed by atoms with E-state index in [9.17, 15) is 39.0 Å². The Balaban J connectivity index is 1.77. The van der Waals surface area contributed by atoms with Gasteiger partial charge in [0.2, 0.25) is 5.79 Å². The van der Waals surface area contributed by atoms with Gasteiger partial charge in [-0.1, -0.05) is 84.9 Å². The zero-order valence-electron chi connectivity index (χ0n) is 46.8. The number of hydrogen-bond donors (Lipinski definition) is 2. The predicted octanol–water partition coefficient (Wildman–Crippen LogP) is 7.46. The van der Waals surface area contributed by atoms with Gasteiger partial charge in [-0.15, -0.1) is 0 Å². The number of rotatable bonds is 12. The van der Waals surface area contributed by atoms with Gasteiger partial charge in [-0.3, -0.25) is 24.0 Å². The van der Waals surface area contributed by atoms with Gasteiger partial charge in [0.25, 0.3) is 11.7 Å². The van der Waals surface area contributed by atoms with E-state index >= 15 is 0 Å². The highest BCUT2D eigenvalue weighted by Crippen LogP contribution is 2.38. The number of hydrogen-bond acceptors (Lipinski definition) is 15. The van der Waals surface area contributed by atoms with Crippen LogP contribution in [0.25, 0.3) is 0 Å². The molecule has 16 nitrogen and oxygen atoms in total. The number of ketones is 3. The van der Waals surface area contributed by atoms with Gasteiger partial charge in [0.15, 0.2) is 18.0 Å². The van der Waals surface area contributed by atoms with Gasteiger partial charge in [-0.2, -0.15) is 0 Å². The fraction of sp³-hybridized carbons (Fsp3) is 0.759. The van der Waals surface area contributed by atoms with E-state index in [1.165, 1.54) is 12.0 Å². The van der Waals surface area contributed by atoms with Crippen LogP contribution in [0.4, 0.5) is 0 Å². The number of allylic oxidation sites excluding steroid dienone is 6. The summed E-state index contributed by atoms with van der Waals surface area (Å²) < 4.78 is 36.1. The average Bonchev–Trinajstić information content (AvgIpc) is 3.38. The number of nitrogens with zero attached hydrogens (tertiary/aromatic N) is 2. The number of aliphatic hydroxyl groups excluding tert-OH is 1. The number of piperidine rings is 1. The Labute approximate surface area is 442 Å². The van der Waals surface area contributed by atoms with Crippen LogP contribution in [0.15, 0.2) is 47.6 Å². The van der Waals surface area contributed by atoms with Crippen molar-refractivity contribution in [2.24, 2.45) is 35.5 Å². The van der Waals surface area contributed by atoms with Gasteiger partial charge in [-0.05, 0) is 120 Å². The maximum absolute atomic E-state index is 14.6. The maximum atomic E-state index is 14.6. The Bertz CT molecular complexity index is 2000. The van der Waals surface area contributed by atoms with Gasteiger partial charge in [-0.25, -0.2) is 4.79 Å². The first-order valence-corrected chi connectivity index (χ1v) is 27.5. The lowest BCUT2D eigenvalue weighted by molar-refractivity contribution is -0.265. The van der Waals surface area contributed by atoms with E-state index in [-0.39, 0.29) is 61.2 Å². The van der Waals surface area contributed by atoms with E-state index in [4.69, 9.17) is 28.4 Å². The van der Waals surface area contributed by atoms with Crippen LogP contribution in [-0.4, -0.2) is 157 Å². The molecule has 0 aromatic rings. The number of cyclic esters (lactones) is 1. The van der Waals surface area contributed by atoms with Crippen molar-refractivity contribution in [2.75, 3.05) is 47.5 Å². The SMILES string of the molecule is CCN(CC)CCC(=O)OC1/C(C)=C/C(C)C(=O)CC(C(C)CC2CCC(O)C(OC)C2)OC(=O)C2CCCCN2C(=O)C(=O)[C@@]2(O)OC(CCC2C)CC(OC)\C(C)=C/C=C/C=C/C(C)CC(C)C(=O)C1OC. The Morgan fingerprint density at radius 1 is 0.865 bits per heavy atom. The Morgan fingerprint density at radius 3 is 2.24 bits per heavy atom. The third-order valence-corrected chi connectivity index (χ3v) is 16.2. The summed E-state index contributed by atoms with van der Waals surface area (Å²) in [6, 6.07) is -1.17. The number of carbonyl (C=O) groups excluding carboxylic acids is 6. The molecule has 16 heteroatoms. The quantitative estimate of drug-likeness (QED) is 0.111. The maximum Gasteiger partial charge on any atom is 0.329 e. The van der Waals surface area contributed by atoms with E-state index in [0.29, 0.717) is 76.3 Å². The number of esters is 2. The Kier molecular flexibility index (Phi) is 25.5. The molecular formula is C58H92N2O14. The summed E-state index contributed by atoms with van der Waals surface area (Å²) in [6.07, 6.45) is 11.2. The molecule has 74 heavy (non-hydrogen) atoms. The predicted molar refractivity (Wildman–Crippen MR) is 281 cm³/mol. The van der Waals surface area contributed by atoms with Crippen molar-refractivity contribution >= 4 is 35.2 Å². The van der Waals surface area contributed by atoms with Crippen LogP contribution in [0.2, 0.25) is 0 Å². The van der Waals surface area contributed by atoms with Crippen LogP contribution in [0.5, 0.6) is 0 Å². The first-order valence-electron chi connectivity index (χ1n) is 27.5. The molecule has 3 fully saturated rings. The molecule has 1 aliphatic carbocycles. The van der Waals surface area contributed by atoms with E-state index in [2.05, 4.69) is 4.90 Å². The Hall–Kier alpha value is -3.90. The number of ether oxygens (including phenoxy) is 6. The fourth-order valence-corrected chi connectivity index (χ4v) is 11.2. The molecule has 2 bridgehead atoms. The van der Waals surface area contributed by atoms with Gasteiger partial charge < -0.3 is 48.4 Å². The van der Waals surface area contributed by atoms with Crippen LogP contribution in [0.1, 0.15) is 146 Å². The van der Waals surface area contributed by atoms with Crippen LogP contribution >= 0.6 is 0 Å². The standard InChI is InChI=1S/C58H92N2O14/c1-13-59(14-2)29-27-51(63)73-53-41(8)31-38(5)47(62)35-49(39(6)32-43-24-26-46(61)50(33-43)70-11)72-57(67)45-22-18-19-28-60(45)56(66)55(65)58(68)42(9)23-25-44(74-58)34-48(69-10)37(4)21-17-15-16-20-36(3)30-40(7)52(64)54(53)71-12/h15-17,20-21,31,36,38-40,42-46,48-50,53-54,61,68H,13-14,18-19,22-30,32-35H2,1-12H3/b17-15+,20-16+,37-21-,41-31+/t36?,38?,39?,40?,42?,43?,44?,45?,46?,48?,49?,50?,53?,54?,58-/m0/s1. The van der Waals surface area contributed by atoms with Crippen molar-refractivity contribution in [3.8, 4) is 0 Å². The van der Waals surface area contributed by atoms with Gasteiger partial charge in [0.1, 0.15) is 17.9 Å². The lowest BCUT2D eigenvalue weighted by Crippen LogP contribution is -2.61. The zero-order chi connectivity index (χ0) is 54.9. The molecule has 0 spiro atoms. The van der Waals surface area contributed by atoms with Crippen molar-refractivity contribution in [3.05, 3.63) is 47.6 Å².